The number of hydrogen-bond donors (Lipinski definition) is 1. The number of nitrogens with zero attached hydrogens (tertiary/aromatic N) is 2. The van der Waals surface area contributed by atoms with Crippen molar-refractivity contribution in [1.82, 2.24) is 4.98 Å². The van der Waals surface area contributed by atoms with Gasteiger partial charge in [-0.25, -0.2) is 4.98 Å². The van der Waals surface area contributed by atoms with Crippen molar-refractivity contribution in [3.63, 3.8) is 0 Å². The second-order valence-electron chi connectivity index (χ2n) is 7.75. The van der Waals surface area contributed by atoms with Crippen LogP contribution >= 0.6 is 15.9 Å². The molecule has 8 heteroatoms. The van der Waals surface area contributed by atoms with Gasteiger partial charge >= 0.3 is 6.18 Å². The smallest absolute Gasteiger partial charge is 0.369 e. The Hall–Kier alpha value is -1.80. The molecule has 1 saturated carbocycles. The molecule has 0 spiro atoms. The average molecular weight is 470 g/mol. The number of nitrogens with one attached hydrogen (secondary N) is 1. The first-order chi connectivity index (χ1) is 13.9. The molecule has 0 bridgehead atoms. The lowest BCUT2D eigenvalue weighted by Gasteiger charge is -2.34. The van der Waals surface area contributed by atoms with E-state index in [4.69, 9.17) is 4.74 Å². The molecule has 1 aliphatic carbocycles. The Balaban J connectivity index is 1.45. The first-order valence-corrected chi connectivity index (χ1v) is 10.6. The van der Waals surface area contributed by atoms with Crippen LogP contribution in [-0.4, -0.2) is 30.4 Å². The van der Waals surface area contributed by atoms with E-state index in [9.17, 15) is 13.2 Å². The van der Waals surface area contributed by atoms with E-state index in [2.05, 4.69) is 43.3 Å². The van der Waals surface area contributed by atoms with Crippen molar-refractivity contribution in [1.29, 1.82) is 0 Å². The molecule has 2 aliphatic rings. The van der Waals surface area contributed by atoms with Gasteiger partial charge in [0.05, 0.1) is 17.5 Å². The maximum Gasteiger partial charge on any atom is 0.411 e. The Morgan fingerprint density at radius 3 is 2.72 bits per heavy atom. The molecule has 1 fully saturated rings. The number of pyridine rings is 1. The second kappa shape index (κ2) is 8.52. The molecule has 2 aromatic rings. The van der Waals surface area contributed by atoms with E-state index in [0.717, 1.165) is 53.2 Å². The Kier molecular flexibility index (Phi) is 6.01. The summed E-state index contributed by atoms with van der Waals surface area (Å²) in [5.74, 6) is 1.29. The van der Waals surface area contributed by atoms with Crippen LogP contribution in [0.15, 0.2) is 41.0 Å². The zero-order valence-electron chi connectivity index (χ0n) is 15.9. The third-order valence-corrected chi connectivity index (χ3v) is 6.05. The van der Waals surface area contributed by atoms with Gasteiger partial charge in [0, 0.05) is 29.3 Å². The maximum atomic E-state index is 12.4. The van der Waals surface area contributed by atoms with Gasteiger partial charge in [0.15, 0.2) is 0 Å². The summed E-state index contributed by atoms with van der Waals surface area (Å²) >= 11 is 3.57. The van der Waals surface area contributed by atoms with Crippen molar-refractivity contribution >= 4 is 33.1 Å². The van der Waals surface area contributed by atoms with Crippen molar-refractivity contribution in [2.75, 3.05) is 23.4 Å². The van der Waals surface area contributed by atoms with Crippen molar-refractivity contribution in [2.45, 2.75) is 44.5 Å². The van der Waals surface area contributed by atoms with E-state index < -0.39 is 12.8 Å². The van der Waals surface area contributed by atoms with Crippen LogP contribution in [0.25, 0.3) is 0 Å². The number of fused-ring (bicyclic) bond motifs is 2. The fourth-order valence-corrected chi connectivity index (χ4v) is 4.49. The SMILES string of the molecule is FC(F)(F)COC1CCC(CN2Cc3cccnc3Nc3ccc(Br)cc32)CC1. The largest absolute Gasteiger partial charge is 0.411 e. The number of hydrogen-bond acceptors (Lipinski definition) is 4. The van der Waals surface area contributed by atoms with E-state index in [1.807, 2.05) is 18.2 Å². The summed E-state index contributed by atoms with van der Waals surface area (Å²) < 4.78 is 43.2. The maximum absolute atomic E-state index is 12.4. The number of benzene rings is 1. The zero-order valence-corrected chi connectivity index (χ0v) is 17.5. The number of alkyl halides is 3. The minimum Gasteiger partial charge on any atom is -0.369 e. The van der Waals surface area contributed by atoms with Crippen LogP contribution in [0.2, 0.25) is 0 Å². The molecule has 1 N–H and O–H groups in total. The monoisotopic (exact) mass is 469 g/mol. The van der Waals surface area contributed by atoms with Gasteiger partial charge in [-0.1, -0.05) is 22.0 Å². The van der Waals surface area contributed by atoms with Crippen molar-refractivity contribution in [3.8, 4) is 0 Å². The summed E-state index contributed by atoms with van der Waals surface area (Å²) in [5.41, 5.74) is 3.24. The lowest BCUT2D eigenvalue weighted by atomic mass is 9.87. The minimum absolute atomic E-state index is 0.287. The summed E-state index contributed by atoms with van der Waals surface area (Å²) in [4.78, 5) is 6.82. The van der Waals surface area contributed by atoms with Gasteiger partial charge in [-0.05, 0) is 55.9 Å². The molecule has 1 aliphatic heterocycles. The topological polar surface area (TPSA) is 37.4 Å². The minimum atomic E-state index is -4.26. The highest BCUT2D eigenvalue weighted by molar-refractivity contribution is 9.10. The van der Waals surface area contributed by atoms with E-state index in [1.165, 1.54) is 0 Å². The van der Waals surface area contributed by atoms with E-state index in [0.29, 0.717) is 18.8 Å². The van der Waals surface area contributed by atoms with Crippen LogP contribution in [0.3, 0.4) is 0 Å². The molecule has 1 aromatic carbocycles. The van der Waals surface area contributed by atoms with Gasteiger partial charge in [-0.3, -0.25) is 0 Å². The lowest BCUT2D eigenvalue weighted by Crippen LogP contribution is -2.33. The molecule has 4 rings (SSSR count). The Morgan fingerprint density at radius 2 is 1.97 bits per heavy atom. The van der Waals surface area contributed by atoms with Gasteiger partial charge in [0.2, 0.25) is 0 Å². The van der Waals surface area contributed by atoms with Gasteiger partial charge < -0.3 is 15.0 Å². The van der Waals surface area contributed by atoms with Crippen LogP contribution in [0.5, 0.6) is 0 Å². The Morgan fingerprint density at radius 1 is 1.17 bits per heavy atom. The van der Waals surface area contributed by atoms with E-state index in [1.54, 1.807) is 6.20 Å². The quantitative estimate of drug-likeness (QED) is 0.591. The van der Waals surface area contributed by atoms with Crippen molar-refractivity contribution in [2.24, 2.45) is 5.92 Å². The van der Waals surface area contributed by atoms with E-state index in [-0.39, 0.29) is 6.10 Å². The van der Waals surface area contributed by atoms with Crippen LogP contribution in [-0.2, 0) is 11.3 Å². The number of rotatable bonds is 4. The molecule has 4 nitrogen and oxygen atoms in total. The molecule has 0 radical (unpaired) electrons. The van der Waals surface area contributed by atoms with Crippen molar-refractivity contribution < 1.29 is 17.9 Å². The molecule has 156 valence electrons. The summed E-state index contributed by atoms with van der Waals surface area (Å²) in [7, 11) is 0. The third kappa shape index (κ3) is 5.22. The molecular formula is C21H23BrF3N3O. The first kappa shape index (κ1) is 20.5. The molecule has 1 aromatic heterocycles. The van der Waals surface area contributed by atoms with Gasteiger partial charge in [-0.15, -0.1) is 0 Å². The second-order valence-corrected chi connectivity index (χ2v) is 8.66. The highest BCUT2D eigenvalue weighted by atomic mass is 79.9. The van der Waals surface area contributed by atoms with Crippen LogP contribution < -0.4 is 10.2 Å². The van der Waals surface area contributed by atoms with Gasteiger partial charge in [-0.2, -0.15) is 13.2 Å². The third-order valence-electron chi connectivity index (χ3n) is 5.56. The van der Waals surface area contributed by atoms with Gasteiger partial charge in [0.1, 0.15) is 12.4 Å². The highest BCUT2D eigenvalue weighted by Crippen LogP contribution is 2.38. The van der Waals surface area contributed by atoms with Gasteiger partial charge in [0.25, 0.3) is 0 Å². The van der Waals surface area contributed by atoms with Crippen LogP contribution in [0, 0.1) is 5.92 Å². The molecule has 0 atom stereocenters. The molecule has 0 amide bonds. The number of aromatic nitrogens is 1. The first-order valence-electron chi connectivity index (χ1n) is 9.81. The zero-order chi connectivity index (χ0) is 20.4. The fourth-order valence-electron chi connectivity index (χ4n) is 4.14. The number of anilines is 3. The Labute approximate surface area is 176 Å². The summed E-state index contributed by atoms with van der Waals surface area (Å²) in [6, 6.07) is 10.2. The molecule has 2 heterocycles. The summed E-state index contributed by atoms with van der Waals surface area (Å²) in [6.07, 6.45) is 0.333. The summed E-state index contributed by atoms with van der Waals surface area (Å²) in [6.45, 7) is 0.445. The van der Waals surface area contributed by atoms with E-state index >= 15 is 0 Å². The average Bonchev–Trinajstić information content (AvgIpc) is 2.83. The number of ether oxygens (including phenoxy) is 1. The Bertz CT molecular complexity index is 853. The van der Waals surface area contributed by atoms with Crippen molar-refractivity contribution in [3.05, 3.63) is 46.6 Å². The predicted octanol–water partition coefficient (Wildman–Crippen LogP) is 6.05. The lowest BCUT2D eigenvalue weighted by molar-refractivity contribution is -0.188. The molecule has 0 saturated heterocycles. The molecular weight excluding hydrogens is 447 g/mol. The standard InChI is InChI=1S/C21H23BrF3N3O/c22-16-5-8-18-19(10-16)28(12-15-2-1-9-26-20(15)27-18)11-14-3-6-17(7-4-14)29-13-21(23,24)25/h1-2,5,8-10,14,17H,3-4,6-7,11-13H2,(H,26,27). The normalized spacial score (nSPS) is 21.7. The van der Waals surface area contributed by atoms with Crippen LogP contribution in [0.1, 0.15) is 31.2 Å². The number of halogens is 4. The highest BCUT2D eigenvalue weighted by Gasteiger charge is 2.31. The van der Waals surface area contributed by atoms with Crippen LogP contribution in [0.4, 0.5) is 30.4 Å². The molecule has 29 heavy (non-hydrogen) atoms. The molecule has 0 unspecified atom stereocenters. The fraction of sp³-hybridized carbons (Fsp3) is 0.476. The predicted molar refractivity (Wildman–Crippen MR) is 110 cm³/mol. The summed E-state index contributed by atoms with van der Waals surface area (Å²) in [5, 5.41) is 3.44.